The monoisotopic (exact) mass is 237 g/mol. The van der Waals surface area contributed by atoms with E-state index >= 15 is 0 Å². The molecule has 0 radical (unpaired) electrons. The second kappa shape index (κ2) is 4.25. The molecule has 3 aliphatic rings. The lowest BCUT2D eigenvalue weighted by molar-refractivity contribution is -0.128. The van der Waals surface area contributed by atoms with Gasteiger partial charge in [0.2, 0.25) is 5.91 Å². The predicted octanol–water partition coefficient (Wildman–Crippen LogP) is 0.432. The van der Waals surface area contributed by atoms with Crippen molar-refractivity contribution in [2.75, 3.05) is 20.1 Å². The van der Waals surface area contributed by atoms with Gasteiger partial charge in [-0.2, -0.15) is 0 Å². The van der Waals surface area contributed by atoms with E-state index in [4.69, 9.17) is 0 Å². The van der Waals surface area contributed by atoms with E-state index < -0.39 is 0 Å². The largest absolute Gasteiger partial charge is 0.344 e. The summed E-state index contributed by atoms with van der Waals surface area (Å²) < 4.78 is 0. The van der Waals surface area contributed by atoms with Gasteiger partial charge >= 0.3 is 0 Å². The molecule has 1 aliphatic carbocycles. The van der Waals surface area contributed by atoms with Gasteiger partial charge in [0.15, 0.2) is 0 Å². The van der Waals surface area contributed by atoms with Crippen molar-refractivity contribution in [1.29, 1.82) is 0 Å². The van der Waals surface area contributed by atoms with Crippen LogP contribution in [0.4, 0.5) is 0 Å². The first kappa shape index (κ1) is 11.5. The van der Waals surface area contributed by atoms with Crippen LogP contribution in [-0.4, -0.2) is 60.0 Å². The number of hydrogen-bond donors (Lipinski definition) is 1. The lowest BCUT2D eigenvalue weighted by Gasteiger charge is -2.20. The molecule has 2 aliphatic heterocycles. The number of carbonyl (C=O) groups excluding carboxylic acids is 1. The summed E-state index contributed by atoms with van der Waals surface area (Å²) in [6.07, 6.45) is 4.93. The van der Waals surface area contributed by atoms with Gasteiger partial charge in [0.25, 0.3) is 0 Å². The average molecular weight is 237 g/mol. The third kappa shape index (κ3) is 2.20. The predicted molar refractivity (Wildman–Crippen MR) is 66.8 cm³/mol. The average Bonchev–Trinajstić information content (AvgIpc) is 3.01. The number of likely N-dealkylation sites (N-methyl/N-ethyl adjacent to an activating group) is 1. The van der Waals surface area contributed by atoms with E-state index in [0.717, 1.165) is 25.6 Å². The van der Waals surface area contributed by atoms with Crippen LogP contribution in [0.2, 0.25) is 0 Å². The second-order valence-electron chi connectivity index (χ2n) is 5.98. The first-order chi connectivity index (χ1) is 8.15. The molecule has 96 valence electrons. The van der Waals surface area contributed by atoms with Crippen LogP contribution in [-0.2, 0) is 4.79 Å². The van der Waals surface area contributed by atoms with Crippen molar-refractivity contribution in [2.45, 2.75) is 56.8 Å². The Labute approximate surface area is 103 Å². The summed E-state index contributed by atoms with van der Waals surface area (Å²) in [6, 6.07) is 2.13. The molecule has 3 atom stereocenters. The van der Waals surface area contributed by atoms with Crippen LogP contribution >= 0.6 is 0 Å². The number of hydrogen-bond acceptors (Lipinski definition) is 3. The molecule has 0 spiro atoms. The van der Waals surface area contributed by atoms with Crippen LogP contribution in [0.15, 0.2) is 0 Å². The van der Waals surface area contributed by atoms with Crippen molar-refractivity contribution in [1.82, 2.24) is 15.1 Å². The maximum absolute atomic E-state index is 11.9. The summed E-state index contributed by atoms with van der Waals surface area (Å²) in [6.45, 7) is 4.37. The van der Waals surface area contributed by atoms with Gasteiger partial charge in [-0.15, -0.1) is 0 Å². The number of carbonyl (C=O) groups is 1. The van der Waals surface area contributed by atoms with E-state index in [1.807, 2.05) is 11.9 Å². The van der Waals surface area contributed by atoms with Gasteiger partial charge in [0.05, 0.1) is 6.04 Å². The Kier molecular flexibility index (Phi) is 2.87. The fourth-order valence-electron chi connectivity index (χ4n) is 3.35. The Morgan fingerprint density at radius 2 is 2.06 bits per heavy atom. The normalized spacial score (nSPS) is 39.3. The molecule has 3 rings (SSSR count). The molecule has 2 heterocycles. The van der Waals surface area contributed by atoms with Crippen LogP contribution in [0.3, 0.4) is 0 Å². The number of nitrogens with one attached hydrogen (secondary N) is 1. The fourth-order valence-corrected chi connectivity index (χ4v) is 3.35. The highest BCUT2D eigenvalue weighted by Gasteiger charge is 2.40. The molecule has 3 fully saturated rings. The van der Waals surface area contributed by atoms with Gasteiger partial charge in [-0.1, -0.05) is 0 Å². The minimum absolute atomic E-state index is 0.0800. The molecular weight excluding hydrogens is 214 g/mol. The highest BCUT2D eigenvalue weighted by atomic mass is 16.2. The molecule has 4 heteroatoms. The molecule has 0 aromatic heterocycles. The van der Waals surface area contributed by atoms with Crippen molar-refractivity contribution in [3.8, 4) is 0 Å². The smallest absolute Gasteiger partial charge is 0.239 e. The molecule has 2 saturated heterocycles. The molecule has 0 aromatic carbocycles. The first-order valence-corrected chi connectivity index (χ1v) is 6.92. The van der Waals surface area contributed by atoms with Gasteiger partial charge in [-0.25, -0.2) is 0 Å². The van der Waals surface area contributed by atoms with E-state index in [1.54, 1.807) is 0 Å². The minimum atomic E-state index is 0.0800. The highest BCUT2D eigenvalue weighted by Crippen LogP contribution is 2.33. The summed E-state index contributed by atoms with van der Waals surface area (Å²) in [5, 5.41) is 3.57. The Balaban J connectivity index is 1.54. The van der Waals surface area contributed by atoms with E-state index in [1.165, 1.54) is 19.3 Å². The van der Waals surface area contributed by atoms with Crippen molar-refractivity contribution >= 4 is 5.91 Å². The molecule has 1 amide bonds. The number of rotatable bonds is 3. The van der Waals surface area contributed by atoms with Gasteiger partial charge in [-0.3, -0.25) is 9.69 Å². The molecular formula is C13H23N3O. The maximum atomic E-state index is 11.9. The van der Waals surface area contributed by atoms with Gasteiger partial charge in [-0.05, 0) is 32.6 Å². The molecule has 0 bridgehead atoms. The van der Waals surface area contributed by atoms with Crippen LogP contribution in [0.25, 0.3) is 0 Å². The summed E-state index contributed by atoms with van der Waals surface area (Å²) in [5.74, 6) is 0.280. The van der Waals surface area contributed by atoms with E-state index in [2.05, 4.69) is 17.1 Å². The quantitative estimate of drug-likeness (QED) is 0.773. The van der Waals surface area contributed by atoms with Crippen molar-refractivity contribution in [2.24, 2.45) is 0 Å². The lowest BCUT2D eigenvalue weighted by Crippen LogP contribution is -2.44. The fraction of sp³-hybridized carbons (Fsp3) is 0.923. The summed E-state index contributed by atoms with van der Waals surface area (Å²) >= 11 is 0. The SMILES string of the molecule is CC1CC(NC2CCN(C)C2=O)CN1C1CC1. The number of likely N-dealkylation sites (tertiary alicyclic amines) is 2. The van der Waals surface area contributed by atoms with Gasteiger partial charge < -0.3 is 10.2 Å². The Morgan fingerprint density at radius 3 is 2.65 bits per heavy atom. The Morgan fingerprint density at radius 1 is 1.29 bits per heavy atom. The number of amides is 1. The standard InChI is InChI=1S/C13H23N3O/c1-9-7-10(8-16(9)11-3-4-11)14-12-5-6-15(2)13(12)17/h9-12,14H,3-8H2,1-2H3. The van der Waals surface area contributed by atoms with Crippen LogP contribution in [0.1, 0.15) is 32.6 Å². The van der Waals surface area contributed by atoms with E-state index in [-0.39, 0.29) is 11.9 Å². The van der Waals surface area contributed by atoms with Crippen molar-refractivity contribution < 1.29 is 4.79 Å². The molecule has 3 unspecified atom stereocenters. The maximum Gasteiger partial charge on any atom is 0.239 e. The topological polar surface area (TPSA) is 35.6 Å². The van der Waals surface area contributed by atoms with E-state index in [0.29, 0.717) is 12.1 Å². The van der Waals surface area contributed by atoms with E-state index in [9.17, 15) is 4.79 Å². The Hall–Kier alpha value is -0.610. The molecule has 17 heavy (non-hydrogen) atoms. The summed E-state index contributed by atoms with van der Waals surface area (Å²) in [4.78, 5) is 16.3. The van der Waals surface area contributed by atoms with Crippen LogP contribution < -0.4 is 5.32 Å². The highest BCUT2D eigenvalue weighted by molar-refractivity contribution is 5.83. The Bertz CT molecular complexity index is 316. The summed E-state index contributed by atoms with van der Waals surface area (Å²) in [5.41, 5.74) is 0. The van der Waals surface area contributed by atoms with Crippen LogP contribution in [0, 0.1) is 0 Å². The second-order valence-corrected chi connectivity index (χ2v) is 5.98. The minimum Gasteiger partial charge on any atom is -0.344 e. The third-order valence-electron chi connectivity index (χ3n) is 4.50. The zero-order chi connectivity index (χ0) is 12.0. The zero-order valence-electron chi connectivity index (χ0n) is 10.9. The van der Waals surface area contributed by atoms with Crippen LogP contribution in [0.5, 0.6) is 0 Å². The molecule has 1 saturated carbocycles. The first-order valence-electron chi connectivity index (χ1n) is 6.92. The van der Waals surface area contributed by atoms with Crippen molar-refractivity contribution in [3.63, 3.8) is 0 Å². The molecule has 1 N–H and O–H groups in total. The number of nitrogens with zero attached hydrogens (tertiary/aromatic N) is 2. The van der Waals surface area contributed by atoms with Gasteiger partial charge in [0.1, 0.15) is 0 Å². The molecule has 4 nitrogen and oxygen atoms in total. The molecule has 0 aromatic rings. The summed E-state index contributed by atoms with van der Waals surface area (Å²) in [7, 11) is 1.90. The third-order valence-corrected chi connectivity index (χ3v) is 4.50. The zero-order valence-corrected chi connectivity index (χ0v) is 10.9. The van der Waals surface area contributed by atoms with Gasteiger partial charge in [0, 0.05) is 38.3 Å². The van der Waals surface area contributed by atoms with Crippen molar-refractivity contribution in [3.05, 3.63) is 0 Å². The lowest BCUT2D eigenvalue weighted by atomic mass is 10.1.